The van der Waals surface area contributed by atoms with Gasteiger partial charge in [0, 0.05) is 75.3 Å². The molecule has 2 saturated heterocycles. The molecular weight excluding hydrogens is 514 g/mol. The number of alkyl halides is 2. The molecule has 2 aliphatic heterocycles. The van der Waals surface area contributed by atoms with Gasteiger partial charge in [-0.2, -0.15) is 5.10 Å². The van der Waals surface area contributed by atoms with Crippen LogP contribution in [0.4, 0.5) is 8.78 Å². The summed E-state index contributed by atoms with van der Waals surface area (Å²) in [5, 5.41) is 4.42. The Morgan fingerprint density at radius 3 is 2.40 bits per heavy atom. The van der Waals surface area contributed by atoms with Crippen molar-refractivity contribution in [2.75, 3.05) is 65.6 Å². The fourth-order valence-electron chi connectivity index (χ4n) is 6.21. The van der Waals surface area contributed by atoms with Crippen molar-refractivity contribution in [1.82, 2.24) is 24.5 Å². The van der Waals surface area contributed by atoms with E-state index in [-0.39, 0.29) is 11.7 Å². The second-order valence-electron chi connectivity index (χ2n) is 11.2. The number of morpholine rings is 1. The number of piperazine rings is 1. The topological polar surface area (TPSA) is 66.2 Å². The molecule has 40 heavy (non-hydrogen) atoms. The van der Waals surface area contributed by atoms with Gasteiger partial charge in [0.1, 0.15) is 17.8 Å². The molecule has 4 rings (SSSR count). The van der Waals surface area contributed by atoms with E-state index in [1.807, 2.05) is 6.92 Å². The third kappa shape index (κ3) is 7.85. The predicted molar refractivity (Wildman–Crippen MR) is 155 cm³/mol. The molecule has 0 aromatic carbocycles. The molecule has 0 radical (unpaired) electrons. The van der Waals surface area contributed by atoms with Gasteiger partial charge in [0.15, 0.2) is 0 Å². The molecule has 10 heteroatoms. The summed E-state index contributed by atoms with van der Waals surface area (Å²) in [6.07, 6.45) is 7.50. The van der Waals surface area contributed by atoms with E-state index in [2.05, 4.69) is 33.3 Å². The van der Waals surface area contributed by atoms with Gasteiger partial charge in [-0.05, 0) is 44.9 Å². The Bertz CT molecular complexity index is 1030. The molecule has 3 fully saturated rings. The first-order valence-electron chi connectivity index (χ1n) is 14.9. The van der Waals surface area contributed by atoms with E-state index in [1.165, 1.54) is 0 Å². The number of carbonyl (C=O) groups is 1. The van der Waals surface area contributed by atoms with Gasteiger partial charge >= 0.3 is 0 Å². The molecule has 0 unspecified atom stereocenters. The van der Waals surface area contributed by atoms with Crippen LogP contribution in [0.2, 0.25) is 0 Å². The molecule has 0 amide bonds. The van der Waals surface area contributed by atoms with Crippen LogP contribution in [0.15, 0.2) is 29.5 Å². The van der Waals surface area contributed by atoms with Gasteiger partial charge in [0.2, 0.25) is 0 Å². The number of ether oxygens (including phenoxy) is 1. The number of allylic oxidation sites excluding steroid dienone is 3. The van der Waals surface area contributed by atoms with Crippen molar-refractivity contribution >= 4 is 17.7 Å². The molecule has 1 saturated carbocycles. The lowest BCUT2D eigenvalue weighted by molar-refractivity contribution is -0.109. The average molecular weight is 561 g/mol. The zero-order chi connectivity index (χ0) is 28.5. The van der Waals surface area contributed by atoms with Crippen molar-refractivity contribution in [1.29, 1.82) is 0 Å². The normalized spacial score (nSPS) is 24.3. The van der Waals surface area contributed by atoms with Crippen LogP contribution in [0, 0.1) is 5.92 Å². The van der Waals surface area contributed by atoms with Gasteiger partial charge in [-0.15, -0.1) is 0 Å². The van der Waals surface area contributed by atoms with Crippen LogP contribution < -0.4 is 0 Å². The van der Waals surface area contributed by atoms with Crippen molar-refractivity contribution in [3.05, 3.63) is 35.8 Å². The van der Waals surface area contributed by atoms with E-state index >= 15 is 0 Å². The van der Waals surface area contributed by atoms with Gasteiger partial charge in [0.25, 0.3) is 6.43 Å². The highest BCUT2D eigenvalue weighted by Crippen LogP contribution is 2.36. The van der Waals surface area contributed by atoms with Crippen LogP contribution in [0.1, 0.15) is 76.1 Å². The minimum absolute atomic E-state index is 0.116. The Labute approximate surface area is 237 Å². The lowest BCUT2D eigenvalue weighted by atomic mass is 9.85. The monoisotopic (exact) mass is 560 g/mol. The van der Waals surface area contributed by atoms with E-state index in [0.29, 0.717) is 42.5 Å². The minimum atomic E-state index is -2.67. The molecule has 1 aliphatic carbocycles. The molecule has 8 nitrogen and oxygen atoms in total. The zero-order valence-electron chi connectivity index (χ0n) is 24.2. The number of aldehydes is 1. The molecule has 222 valence electrons. The Morgan fingerprint density at radius 2 is 1.80 bits per heavy atom. The Hall–Kier alpha value is -2.43. The first kappa shape index (κ1) is 30.5. The van der Waals surface area contributed by atoms with E-state index in [9.17, 15) is 13.6 Å². The SMILES string of the molecule is C=C/C(=C(C)/N=C(\CCC)N1CCOCC1)c1cn(C2CCC(CN3CCN(CC=O)CC3)CC2)nc1C(F)F. The molecule has 1 aromatic rings. The maximum Gasteiger partial charge on any atom is 0.282 e. The van der Waals surface area contributed by atoms with Gasteiger partial charge < -0.3 is 19.3 Å². The van der Waals surface area contributed by atoms with Crippen LogP contribution in [0.3, 0.4) is 0 Å². The highest BCUT2D eigenvalue weighted by atomic mass is 19.3. The quantitative estimate of drug-likeness (QED) is 0.167. The average Bonchev–Trinajstić information content (AvgIpc) is 3.41. The van der Waals surface area contributed by atoms with E-state index in [4.69, 9.17) is 9.73 Å². The number of halogens is 2. The molecule has 0 spiro atoms. The minimum Gasteiger partial charge on any atom is -0.378 e. The van der Waals surface area contributed by atoms with Gasteiger partial charge in [-0.3, -0.25) is 9.58 Å². The van der Waals surface area contributed by atoms with Crippen LogP contribution in [0.5, 0.6) is 0 Å². The summed E-state index contributed by atoms with van der Waals surface area (Å²) in [7, 11) is 0. The summed E-state index contributed by atoms with van der Waals surface area (Å²) in [6.45, 7) is 16.3. The van der Waals surface area contributed by atoms with Crippen molar-refractivity contribution in [3.63, 3.8) is 0 Å². The predicted octanol–water partition coefficient (Wildman–Crippen LogP) is 4.82. The van der Waals surface area contributed by atoms with Crippen molar-refractivity contribution in [3.8, 4) is 0 Å². The summed E-state index contributed by atoms with van der Waals surface area (Å²) in [5.74, 6) is 1.58. The number of aliphatic imine (C=N–C) groups is 1. The molecule has 0 bridgehead atoms. The van der Waals surface area contributed by atoms with Crippen LogP contribution in [-0.4, -0.2) is 102 Å². The number of rotatable bonds is 11. The summed E-state index contributed by atoms with van der Waals surface area (Å²) in [6, 6.07) is 0.116. The number of amidine groups is 1. The molecule has 0 atom stereocenters. The molecule has 3 heterocycles. The first-order valence-corrected chi connectivity index (χ1v) is 14.9. The summed E-state index contributed by atoms with van der Waals surface area (Å²) in [4.78, 5) is 22.6. The van der Waals surface area contributed by atoms with E-state index in [1.54, 1.807) is 17.0 Å². The molecule has 3 aliphatic rings. The Kier molecular flexibility index (Phi) is 11.4. The summed E-state index contributed by atoms with van der Waals surface area (Å²) < 4.78 is 35.7. The van der Waals surface area contributed by atoms with Crippen molar-refractivity contribution in [2.45, 2.75) is 64.8 Å². The molecule has 0 N–H and O–H groups in total. The van der Waals surface area contributed by atoms with Crippen molar-refractivity contribution in [2.24, 2.45) is 10.9 Å². The van der Waals surface area contributed by atoms with E-state index < -0.39 is 6.43 Å². The Morgan fingerprint density at radius 1 is 1.12 bits per heavy atom. The van der Waals surface area contributed by atoms with Crippen LogP contribution in [-0.2, 0) is 9.53 Å². The lowest BCUT2D eigenvalue weighted by Gasteiger charge is -2.37. The van der Waals surface area contributed by atoms with Crippen LogP contribution >= 0.6 is 0 Å². The molecule has 1 aromatic heterocycles. The third-order valence-electron chi connectivity index (χ3n) is 8.50. The number of carbonyl (C=O) groups excluding carboxylic acids is 1. The largest absolute Gasteiger partial charge is 0.378 e. The summed E-state index contributed by atoms with van der Waals surface area (Å²) >= 11 is 0. The number of hydrogen-bond donors (Lipinski definition) is 0. The molecular formula is C30H46F2N6O2. The van der Waals surface area contributed by atoms with E-state index in [0.717, 1.165) is 96.5 Å². The maximum atomic E-state index is 14.2. The maximum absolute atomic E-state index is 14.2. The van der Waals surface area contributed by atoms with Gasteiger partial charge in [-0.1, -0.05) is 19.6 Å². The number of hydrogen-bond acceptors (Lipinski definition) is 6. The smallest absolute Gasteiger partial charge is 0.282 e. The second-order valence-corrected chi connectivity index (χ2v) is 11.2. The Balaban J connectivity index is 1.45. The highest BCUT2D eigenvalue weighted by molar-refractivity contribution is 5.86. The van der Waals surface area contributed by atoms with Crippen LogP contribution in [0.25, 0.3) is 5.57 Å². The standard InChI is InChI=1S/C30H46F2N6O2/c1-4-6-28(37-16-19-40-20-17-37)33-23(3)26(5-2)27-22-38(34-29(27)30(31)32)25-9-7-24(8-10-25)21-36-13-11-35(12-14-36)15-18-39/h5,18,22,24-25,30H,2,4,6-17,19-21H2,1,3H3/b26-23-,33-28+. The third-order valence-corrected chi connectivity index (χ3v) is 8.50. The first-order chi connectivity index (χ1) is 19.4. The van der Waals surface area contributed by atoms with Gasteiger partial charge in [-0.25, -0.2) is 13.8 Å². The lowest BCUT2D eigenvalue weighted by Crippen LogP contribution is -2.48. The fourth-order valence-corrected chi connectivity index (χ4v) is 6.21. The number of aromatic nitrogens is 2. The zero-order valence-corrected chi connectivity index (χ0v) is 24.2. The van der Waals surface area contributed by atoms with Gasteiger partial charge in [0.05, 0.1) is 25.8 Å². The highest BCUT2D eigenvalue weighted by Gasteiger charge is 2.29. The number of nitrogens with zero attached hydrogens (tertiary/aromatic N) is 6. The fraction of sp³-hybridized carbons (Fsp3) is 0.700. The summed E-state index contributed by atoms with van der Waals surface area (Å²) in [5.41, 5.74) is 1.54. The van der Waals surface area contributed by atoms with Crippen molar-refractivity contribution < 1.29 is 18.3 Å². The second kappa shape index (κ2) is 15.0.